The molecular formula is C15H15Cl2NO3. The number of aliphatic imine (C=N–C) groups is 1. The molecule has 0 unspecified atom stereocenters. The third kappa shape index (κ3) is 3.57. The fourth-order valence-corrected chi connectivity index (χ4v) is 2.17. The van der Waals surface area contributed by atoms with Crippen LogP contribution in [0.2, 0.25) is 10.0 Å². The van der Waals surface area contributed by atoms with Crippen LogP contribution in [0, 0.1) is 6.92 Å². The molecule has 1 saturated carbocycles. The molecule has 0 bridgehead atoms. The SMILES string of the molecule is COC(=O)C(C=NC1CC1)=C(O)c1ccc(Cl)c(C)c1Cl. The molecule has 0 spiro atoms. The van der Waals surface area contributed by atoms with Crippen LogP contribution in [0.1, 0.15) is 24.0 Å². The number of hydrogen-bond donors (Lipinski definition) is 1. The number of aliphatic hydroxyl groups is 1. The number of rotatable bonds is 4. The zero-order valence-corrected chi connectivity index (χ0v) is 13.2. The number of esters is 1. The van der Waals surface area contributed by atoms with Crippen molar-refractivity contribution >= 4 is 41.1 Å². The standard InChI is InChI=1S/C15H15Cl2NO3/c1-8-12(16)6-5-10(13(8)17)14(19)11(15(20)21-2)7-18-9-3-4-9/h5-7,9,19H,3-4H2,1-2H3. The van der Waals surface area contributed by atoms with Gasteiger partial charge in [-0.1, -0.05) is 23.2 Å². The van der Waals surface area contributed by atoms with Crippen molar-refractivity contribution in [3.8, 4) is 0 Å². The molecule has 1 aliphatic rings. The lowest BCUT2D eigenvalue weighted by Gasteiger charge is -2.10. The Balaban J connectivity index is 2.49. The minimum atomic E-state index is -0.666. The highest BCUT2D eigenvalue weighted by Crippen LogP contribution is 2.32. The Morgan fingerprint density at radius 2 is 2.10 bits per heavy atom. The first-order valence-electron chi connectivity index (χ1n) is 6.45. The van der Waals surface area contributed by atoms with Gasteiger partial charge in [0.2, 0.25) is 0 Å². The fourth-order valence-electron chi connectivity index (χ4n) is 1.71. The number of aliphatic hydroxyl groups excluding tert-OH is 1. The van der Waals surface area contributed by atoms with Crippen LogP contribution in [0.25, 0.3) is 5.76 Å². The van der Waals surface area contributed by atoms with Gasteiger partial charge in [0, 0.05) is 16.8 Å². The minimum absolute atomic E-state index is 0.0203. The Morgan fingerprint density at radius 3 is 2.67 bits per heavy atom. The normalized spacial score (nSPS) is 16.0. The highest BCUT2D eigenvalue weighted by atomic mass is 35.5. The van der Waals surface area contributed by atoms with E-state index >= 15 is 0 Å². The molecule has 1 aromatic rings. The van der Waals surface area contributed by atoms with Gasteiger partial charge in [0.25, 0.3) is 0 Å². The van der Waals surface area contributed by atoms with Crippen molar-refractivity contribution in [2.45, 2.75) is 25.8 Å². The van der Waals surface area contributed by atoms with Crippen molar-refractivity contribution in [2.75, 3.05) is 7.11 Å². The largest absolute Gasteiger partial charge is 0.506 e. The number of hydrogen-bond acceptors (Lipinski definition) is 4. The Bertz CT molecular complexity index is 634. The highest BCUT2D eigenvalue weighted by molar-refractivity contribution is 6.37. The van der Waals surface area contributed by atoms with E-state index in [1.165, 1.54) is 13.3 Å². The summed E-state index contributed by atoms with van der Waals surface area (Å²) in [4.78, 5) is 16.0. The summed E-state index contributed by atoms with van der Waals surface area (Å²) in [5, 5.41) is 11.2. The third-order valence-corrected chi connectivity index (χ3v) is 4.09. The summed E-state index contributed by atoms with van der Waals surface area (Å²) in [5.41, 5.74) is 0.931. The second kappa shape index (κ2) is 6.50. The zero-order valence-electron chi connectivity index (χ0n) is 11.7. The van der Waals surface area contributed by atoms with E-state index in [0.717, 1.165) is 12.8 Å². The van der Waals surface area contributed by atoms with Crippen molar-refractivity contribution in [3.63, 3.8) is 0 Å². The van der Waals surface area contributed by atoms with Crippen LogP contribution < -0.4 is 0 Å². The quantitative estimate of drug-likeness (QED) is 0.394. The topological polar surface area (TPSA) is 58.9 Å². The Kier molecular flexibility index (Phi) is 4.91. The van der Waals surface area contributed by atoms with E-state index in [2.05, 4.69) is 9.73 Å². The molecular weight excluding hydrogens is 313 g/mol. The molecule has 0 aromatic heterocycles. The average Bonchev–Trinajstić information content (AvgIpc) is 3.28. The van der Waals surface area contributed by atoms with Gasteiger partial charge in [-0.15, -0.1) is 0 Å². The first-order chi connectivity index (χ1) is 9.95. The van der Waals surface area contributed by atoms with Gasteiger partial charge >= 0.3 is 5.97 Å². The number of halogens is 2. The highest BCUT2D eigenvalue weighted by Gasteiger charge is 2.22. The number of carbonyl (C=O) groups is 1. The molecule has 2 rings (SSSR count). The summed E-state index contributed by atoms with van der Waals surface area (Å²) in [7, 11) is 1.25. The average molecular weight is 328 g/mol. The Hall–Kier alpha value is -1.52. The number of methoxy groups -OCH3 is 1. The fraction of sp³-hybridized carbons (Fsp3) is 0.333. The van der Waals surface area contributed by atoms with E-state index in [0.29, 0.717) is 21.2 Å². The van der Waals surface area contributed by atoms with Crippen LogP contribution in [0.3, 0.4) is 0 Å². The van der Waals surface area contributed by atoms with E-state index < -0.39 is 5.97 Å². The molecule has 0 saturated heterocycles. The van der Waals surface area contributed by atoms with Gasteiger partial charge in [-0.2, -0.15) is 0 Å². The zero-order chi connectivity index (χ0) is 15.6. The van der Waals surface area contributed by atoms with Gasteiger partial charge in [0.15, 0.2) is 0 Å². The molecule has 1 aromatic carbocycles. The van der Waals surface area contributed by atoms with Crippen LogP contribution in [0.15, 0.2) is 22.7 Å². The van der Waals surface area contributed by atoms with E-state index in [1.54, 1.807) is 19.1 Å². The Morgan fingerprint density at radius 1 is 1.43 bits per heavy atom. The smallest absolute Gasteiger partial charge is 0.343 e. The molecule has 6 heteroatoms. The maximum absolute atomic E-state index is 11.8. The second-order valence-electron chi connectivity index (χ2n) is 4.80. The lowest BCUT2D eigenvalue weighted by molar-refractivity contribution is -0.135. The molecule has 1 N–H and O–H groups in total. The molecule has 1 aliphatic carbocycles. The summed E-state index contributed by atoms with van der Waals surface area (Å²) in [6, 6.07) is 3.39. The first-order valence-corrected chi connectivity index (χ1v) is 7.21. The van der Waals surface area contributed by atoms with Gasteiger partial charge in [0.1, 0.15) is 11.3 Å². The molecule has 112 valence electrons. The minimum Gasteiger partial charge on any atom is -0.506 e. The Labute approximate surface area is 133 Å². The monoisotopic (exact) mass is 327 g/mol. The summed E-state index contributed by atoms with van der Waals surface area (Å²) < 4.78 is 4.68. The maximum atomic E-state index is 11.8. The van der Waals surface area contributed by atoms with Crippen molar-refractivity contribution in [2.24, 2.45) is 4.99 Å². The molecule has 0 amide bonds. The summed E-state index contributed by atoms with van der Waals surface area (Å²) >= 11 is 12.2. The van der Waals surface area contributed by atoms with E-state index in [9.17, 15) is 9.90 Å². The molecule has 1 fully saturated rings. The molecule has 21 heavy (non-hydrogen) atoms. The van der Waals surface area contributed by atoms with E-state index in [1.807, 2.05) is 0 Å². The van der Waals surface area contributed by atoms with Crippen molar-refractivity contribution in [1.82, 2.24) is 0 Å². The van der Waals surface area contributed by atoms with E-state index in [-0.39, 0.29) is 17.4 Å². The number of carbonyl (C=O) groups excluding carboxylic acids is 1. The number of ether oxygens (including phenoxy) is 1. The molecule has 0 heterocycles. The molecule has 0 atom stereocenters. The van der Waals surface area contributed by atoms with Crippen molar-refractivity contribution < 1.29 is 14.6 Å². The summed E-state index contributed by atoms with van der Waals surface area (Å²) in [6.07, 6.45) is 3.33. The lowest BCUT2D eigenvalue weighted by atomic mass is 10.1. The van der Waals surface area contributed by atoms with Gasteiger partial charge in [0.05, 0.1) is 18.2 Å². The first kappa shape index (κ1) is 15.9. The third-order valence-electron chi connectivity index (χ3n) is 3.20. The number of benzene rings is 1. The summed E-state index contributed by atoms with van der Waals surface area (Å²) in [5.74, 6) is -0.934. The van der Waals surface area contributed by atoms with E-state index in [4.69, 9.17) is 23.2 Å². The predicted octanol–water partition coefficient (Wildman–Crippen LogP) is 3.98. The molecule has 4 nitrogen and oxygen atoms in total. The molecule has 0 aliphatic heterocycles. The molecule has 0 radical (unpaired) electrons. The number of nitrogens with zero attached hydrogens (tertiary/aromatic N) is 1. The van der Waals surface area contributed by atoms with Crippen molar-refractivity contribution in [1.29, 1.82) is 0 Å². The second-order valence-corrected chi connectivity index (χ2v) is 5.58. The van der Waals surface area contributed by atoms with Crippen LogP contribution in [-0.4, -0.2) is 30.4 Å². The van der Waals surface area contributed by atoms with Crippen LogP contribution >= 0.6 is 23.2 Å². The maximum Gasteiger partial charge on any atom is 0.343 e. The lowest BCUT2D eigenvalue weighted by Crippen LogP contribution is -2.10. The van der Waals surface area contributed by atoms with Crippen LogP contribution in [-0.2, 0) is 9.53 Å². The summed E-state index contributed by atoms with van der Waals surface area (Å²) in [6.45, 7) is 1.73. The van der Waals surface area contributed by atoms with Gasteiger partial charge in [-0.3, -0.25) is 4.99 Å². The van der Waals surface area contributed by atoms with Crippen LogP contribution in [0.5, 0.6) is 0 Å². The van der Waals surface area contributed by atoms with Gasteiger partial charge in [-0.25, -0.2) is 4.79 Å². The van der Waals surface area contributed by atoms with Gasteiger partial charge in [-0.05, 0) is 37.5 Å². The van der Waals surface area contributed by atoms with Crippen molar-refractivity contribution in [3.05, 3.63) is 38.9 Å². The van der Waals surface area contributed by atoms with Gasteiger partial charge < -0.3 is 9.84 Å². The van der Waals surface area contributed by atoms with Crippen LogP contribution in [0.4, 0.5) is 0 Å². The predicted molar refractivity (Wildman–Crippen MR) is 84.3 cm³/mol.